The highest BCUT2D eigenvalue weighted by Crippen LogP contribution is 2.20. The van der Waals surface area contributed by atoms with Crippen LogP contribution in [0, 0.1) is 5.82 Å². The molecule has 2 aliphatic heterocycles. The molecule has 2 aromatic heterocycles. The first-order valence-corrected chi connectivity index (χ1v) is 8.94. The SMILES string of the molecule is O=C(c1ccncc1F)N1CCN(c2ccnc(N3CCCC3)n2)CC1. The van der Waals surface area contributed by atoms with E-state index in [1.54, 1.807) is 11.1 Å². The molecule has 0 aromatic carbocycles. The number of carbonyl (C=O) groups is 1. The highest BCUT2D eigenvalue weighted by atomic mass is 19.1. The van der Waals surface area contributed by atoms with Gasteiger partial charge in [0.25, 0.3) is 5.91 Å². The second kappa shape index (κ2) is 7.23. The summed E-state index contributed by atoms with van der Waals surface area (Å²) in [4.78, 5) is 31.3. The Morgan fingerprint density at radius 2 is 1.73 bits per heavy atom. The summed E-state index contributed by atoms with van der Waals surface area (Å²) in [5.41, 5.74) is 0.0757. The van der Waals surface area contributed by atoms with Crippen molar-refractivity contribution in [3.63, 3.8) is 0 Å². The summed E-state index contributed by atoms with van der Waals surface area (Å²) in [5, 5.41) is 0. The normalized spacial score (nSPS) is 17.7. The van der Waals surface area contributed by atoms with Gasteiger partial charge in [0.1, 0.15) is 5.82 Å². The van der Waals surface area contributed by atoms with Crippen LogP contribution in [0.3, 0.4) is 0 Å². The molecule has 0 N–H and O–H groups in total. The lowest BCUT2D eigenvalue weighted by atomic mass is 10.2. The molecule has 0 atom stereocenters. The third-order valence-corrected chi connectivity index (χ3v) is 4.91. The summed E-state index contributed by atoms with van der Waals surface area (Å²) in [7, 11) is 0. The maximum Gasteiger partial charge on any atom is 0.257 e. The van der Waals surface area contributed by atoms with E-state index < -0.39 is 5.82 Å². The van der Waals surface area contributed by atoms with Crippen LogP contribution in [-0.4, -0.2) is 65.0 Å². The molecule has 0 spiro atoms. The van der Waals surface area contributed by atoms with Gasteiger partial charge in [-0.2, -0.15) is 4.98 Å². The number of anilines is 2. The number of hydrogen-bond acceptors (Lipinski definition) is 6. The first-order chi connectivity index (χ1) is 12.7. The van der Waals surface area contributed by atoms with Gasteiger partial charge in [-0.1, -0.05) is 0 Å². The number of hydrogen-bond donors (Lipinski definition) is 0. The zero-order chi connectivity index (χ0) is 17.9. The molecule has 0 unspecified atom stereocenters. The molecule has 136 valence electrons. The Morgan fingerprint density at radius 3 is 2.46 bits per heavy atom. The Bertz CT molecular complexity index is 787. The van der Waals surface area contributed by atoms with Gasteiger partial charge in [-0.05, 0) is 25.0 Å². The van der Waals surface area contributed by atoms with Gasteiger partial charge < -0.3 is 14.7 Å². The van der Waals surface area contributed by atoms with Gasteiger partial charge in [-0.25, -0.2) is 9.37 Å². The molecule has 8 heteroatoms. The van der Waals surface area contributed by atoms with Crippen molar-refractivity contribution in [3.05, 3.63) is 42.1 Å². The lowest BCUT2D eigenvalue weighted by molar-refractivity contribution is 0.0741. The topological polar surface area (TPSA) is 65.5 Å². The molecule has 26 heavy (non-hydrogen) atoms. The number of pyridine rings is 1. The minimum Gasteiger partial charge on any atom is -0.353 e. The third kappa shape index (κ3) is 3.31. The monoisotopic (exact) mass is 356 g/mol. The summed E-state index contributed by atoms with van der Waals surface area (Å²) in [6.45, 7) is 4.39. The summed E-state index contributed by atoms with van der Waals surface area (Å²) in [6.07, 6.45) is 6.66. The van der Waals surface area contributed by atoms with Crippen LogP contribution in [0.4, 0.5) is 16.2 Å². The molecule has 2 aliphatic rings. The van der Waals surface area contributed by atoms with Crippen LogP contribution in [0.2, 0.25) is 0 Å². The number of rotatable bonds is 3. The van der Waals surface area contributed by atoms with Gasteiger partial charge in [0.05, 0.1) is 11.8 Å². The molecule has 0 saturated carbocycles. The molecule has 2 saturated heterocycles. The maximum absolute atomic E-state index is 13.8. The maximum atomic E-state index is 13.8. The van der Waals surface area contributed by atoms with Crippen LogP contribution in [0.1, 0.15) is 23.2 Å². The van der Waals surface area contributed by atoms with Crippen LogP contribution in [0.15, 0.2) is 30.7 Å². The van der Waals surface area contributed by atoms with Gasteiger partial charge in [0.2, 0.25) is 5.95 Å². The van der Waals surface area contributed by atoms with Crippen LogP contribution >= 0.6 is 0 Å². The Balaban J connectivity index is 1.41. The van der Waals surface area contributed by atoms with Crippen LogP contribution in [-0.2, 0) is 0 Å². The lowest BCUT2D eigenvalue weighted by Gasteiger charge is -2.35. The molecule has 4 heterocycles. The highest BCUT2D eigenvalue weighted by molar-refractivity contribution is 5.94. The molecule has 0 radical (unpaired) electrons. The van der Waals surface area contributed by atoms with E-state index >= 15 is 0 Å². The fourth-order valence-corrected chi connectivity index (χ4v) is 3.44. The number of halogens is 1. The Labute approximate surface area is 151 Å². The second-order valence-corrected chi connectivity index (χ2v) is 6.54. The minimum absolute atomic E-state index is 0.0757. The van der Waals surface area contributed by atoms with Crippen molar-refractivity contribution in [2.45, 2.75) is 12.8 Å². The van der Waals surface area contributed by atoms with Crippen LogP contribution < -0.4 is 9.80 Å². The molecular formula is C18H21FN6O. The van der Waals surface area contributed by atoms with E-state index in [4.69, 9.17) is 0 Å². The Kier molecular flexibility index (Phi) is 4.64. The van der Waals surface area contributed by atoms with E-state index in [2.05, 4.69) is 24.8 Å². The van der Waals surface area contributed by atoms with Gasteiger partial charge in [-0.15, -0.1) is 0 Å². The smallest absolute Gasteiger partial charge is 0.257 e. The Morgan fingerprint density at radius 1 is 0.962 bits per heavy atom. The zero-order valence-electron chi connectivity index (χ0n) is 14.5. The third-order valence-electron chi connectivity index (χ3n) is 4.91. The number of piperazine rings is 1. The van der Waals surface area contributed by atoms with Gasteiger partial charge in [0, 0.05) is 51.7 Å². The van der Waals surface area contributed by atoms with Crippen molar-refractivity contribution < 1.29 is 9.18 Å². The van der Waals surface area contributed by atoms with Gasteiger partial charge in [0.15, 0.2) is 5.82 Å². The fraction of sp³-hybridized carbons (Fsp3) is 0.444. The minimum atomic E-state index is -0.578. The van der Waals surface area contributed by atoms with E-state index in [-0.39, 0.29) is 11.5 Å². The Hall–Kier alpha value is -2.77. The molecular weight excluding hydrogens is 335 g/mol. The molecule has 2 fully saturated rings. The zero-order valence-corrected chi connectivity index (χ0v) is 14.5. The summed E-state index contributed by atoms with van der Waals surface area (Å²) in [6, 6.07) is 3.33. The van der Waals surface area contributed by atoms with E-state index in [0.29, 0.717) is 26.2 Å². The van der Waals surface area contributed by atoms with Crippen LogP contribution in [0.5, 0.6) is 0 Å². The molecule has 1 amide bonds. The van der Waals surface area contributed by atoms with Gasteiger partial charge >= 0.3 is 0 Å². The number of carbonyl (C=O) groups excluding carboxylic acids is 1. The second-order valence-electron chi connectivity index (χ2n) is 6.54. The van der Waals surface area contributed by atoms with Crippen LogP contribution in [0.25, 0.3) is 0 Å². The predicted octanol–water partition coefficient (Wildman–Crippen LogP) is 1.57. The first kappa shape index (κ1) is 16.7. The van der Waals surface area contributed by atoms with E-state index in [9.17, 15) is 9.18 Å². The summed E-state index contributed by atoms with van der Waals surface area (Å²) < 4.78 is 13.8. The molecule has 4 rings (SSSR count). The summed E-state index contributed by atoms with van der Waals surface area (Å²) >= 11 is 0. The highest BCUT2D eigenvalue weighted by Gasteiger charge is 2.25. The van der Waals surface area contributed by atoms with E-state index in [0.717, 1.165) is 31.1 Å². The molecule has 7 nitrogen and oxygen atoms in total. The number of aromatic nitrogens is 3. The average molecular weight is 356 g/mol. The van der Waals surface area contributed by atoms with E-state index in [1.807, 2.05) is 6.07 Å². The number of amides is 1. The predicted molar refractivity (Wildman–Crippen MR) is 95.8 cm³/mol. The van der Waals surface area contributed by atoms with Crippen molar-refractivity contribution in [2.24, 2.45) is 0 Å². The largest absolute Gasteiger partial charge is 0.353 e. The fourth-order valence-electron chi connectivity index (χ4n) is 3.44. The van der Waals surface area contributed by atoms with Crippen molar-refractivity contribution in [3.8, 4) is 0 Å². The lowest BCUT2D eigenvalue weighted by Crippen LogP contribution is -2.49. The number of nitrogens with zero attached hydrogens (tertiary/aromatic N) is 6. The molecule has 0 aliphatic carbocycles. The first-order valence-electron chi connectivity index (χ1n) is 8.94. The summed E-state index contributed by atoms with van der Waals surface area (Å²) in [5.74, 6) is 0.789. The molecule has 2 aromatic rings. The van der Waals surface area contributed by atoms with Crippen molar-refractivity contribution >= 4 is 17.7 Å². The van der Waals surface area contributed by atoms with Crippen molar-refractivity contribution in [1.29, 1.82) is 0 Å². The quantitative estimate of drug-likeness (QED) is 0.832. The average Bonchev–Trinajstić information content (AvgIpc) is 3.23. The van der Waals surface area contributed by atoms with E-state index in [1.165, 1.54) is 25.1 Å². The molecule has 0 bridgehead atoms. The van der Waals surface area contributed by atoms with Crippen molar-refractivity contribution in [2.75, 3.05) is 49.1 Å². The standard InChI is InChI=1S/C18H21FN6O/c19-15-13-20-5-3-14(15)17(26)24-11-9-23(10-12-24)16-4-6-21-18(22-16)25-7-1-2-8-25/h3-6,13H,1-2,7-12H2. The van der Waals surface area contributed by atoms with Gasteiger partial charge in [-0.3, -0.25) is 9.78 Å². The van der Waals surface area contributed by atoms with Crippen molar-refractivity contribution in [1.82, 2.24) is 19.9 Å².